The van der Waals surface area contributed by atoms with Crippen molar-refractivity contribution >= 4 is 70.2 Å². The van der Waals surface area contributed by atoms with Crippen LogP contribution in [0.3, 0.4) is 0 Å². The minimum Gasteiger partial charge on any atom is -0.0836 e. The molecule has 13 aromatic rings. The first-order valence-corrected chi connectivity index (χ1v) is 24.0. The Balaban J connectivity index is 1.15. The zero-order chi connectivity index (χ0) is 44.7. The quantitative estimate of drug-likeness (QED) is 0.140. The number of benzene rings is 13. The molecule has 13 aromatic carbocycles. The van der Waals surface area contributed by atoms with Gasteiger partial charge in [-0.05, 0) is 168 Å². The summed E-state index contributed by atoms with van der Waals surface area (Å²) in [4.78, 5) is 0. The van der Waals surface area contributed by atoms with E-state index in [2.05, 4.69) is 243 Å². The summed E-state index contributed by atoms with van der Waals surface area (Å²) in [6.45, 7) is 0. The lowest BCUT2D eigenvalue weighted by Crippen LogP contribution is -1.96. The van der Waals surface area contributed by atoms with E-state index < -0.39 is 0 Å². The third-order valence-electron chi connectivity index (χ3n) is 14.8. The lowest BCUT2D eigenvalue weighted by molar-refractivity contribution is 1.04. The molecule has 0 unspecified atom stereocenters. The zero-order valence-electron chi connectivity index (χ0n) is 37.5. The third kappa shape index (κ3) is 5.94. The van der Waals surface area contributed by atoms with Crippen molar-refractivity contribution in [3.05, 3.63) is 248 Å². The molecule has 0 atom stereocenters. The fraction of sp³-hybridized carbons (Fsp3) is 0.0294. The second-order valence-electron chi connectivity index (χ2n) is 18.5. The van der Waals surface area contributed by atoms with Gasteiger partial charge in [-0.15, -0.1) is 0 Å². The Labute approximate surface area is 396 Å². The van der Waals surface area contributed by atoms with Gasteiger partial charge in [0, 0.05) is 0 Å². The standard InChI is InChI=1S/C68H44/c1-5-17-43(18-6-1)49-25-13-15-27-53(49)55-33-29-47-31-35-57-51(45-21-9-3-10-22-45)37-39-59-61(41-63(55)65(47)67(57)59)62-42-64-56(54-28-16-14-26-50(54)44-19-7-2-8-20-44)34-30-48-32-36-58-52(46-23-11-4-12-24-46)38-40-60(62)68(58)66(48)64/h1-3,5-11,13-42H,4,12H2. The smallest absolute Gasteiger partial charge is 0.00141 e. The Morgan fingerprint density at radius 3 is 1.10 bits per heavy atom. The molecular weight excluding hydrogens is 817 g/mol. The van der Waals surface area contributed by atoms with Gasteiger partial charge in [0.2, 0.25) is 0 Å². The fourth-order valence-electron chi connectivity index (χ4n) is 11.8. The van der Waals surface area contributed by atoms with E-state index in [0.29, 0.717) is 0 Å². The maximum Gasteiger partial charge on any atom is -0.00141 e. The molecule has 0 heteroatoms. The van der Waals surface area contributed by atoms with E-state index in [1.54, 1.807) is 0 Å². The third-order valence-corrected chi connectivity index (χ3v) is 14.8. The second kappa shape index (κ2) is 15.5. The summed E-state index contributed by atoms with van der Waals surface area (Å²) in [5.74, 6) is 0. The topological polar surface area (TPSA) is 0 Å². The molecule has 0 fully saturated rings. The van der Waals surface area contributed by atoms with Crippen LogP contribution < -0.4 is 0 Å². The van der Waals surface area contributed by atoms with E-state index in [0.717, 1.165) is 12.8 Å². The summed E-state index contributed by atoms with van der Waals surface area (Å²) in [5, 5.41) is 15.5. The molecular formula is C68H44. The molecule has 0 aliphatic heterocycles. The van der Waals surface area contributed by atoms with Gasteiger partial charge >= 0.3 is 0 Å². The molecule has 0 radical (unpaired) electrons. The Morgan fingerprint density at radius 1 is 0.235 bits per heavy atom. The highest BCUT2D eigenvalue weighted by Gasteiger charge is 2.24. The van der Waals surface area contributed by atoms with Crippen molar-refractivity contribution in [2.24, 2.45) is 0 Å². The molecule has 1 aliphatic rings. The van der Waals surface area contributed by atoms with Crippen molar-refractivity contribution in [1.29, 1.82) is 0 Å². The minimum atomic E-state index is 1.06. The largest absolute Gasteiger partial charge is 0.0836 e. The first-order valence-electron chi connectivity index (χ1n) is 24.0. The van der Waals surface area contributed by atoms with Gasteiger partial charge in [0.1, 0.15) is 0 Å². The molecule has 0 nitrogen and oxygen atoms in total. The molecule has 68 heavy (non-hydrogen) atoms. The summed E-state index contributed by atoms with van der Waals surface area (Å²) >= 11 is 0. The molecule has 316 valence electrons. The Bertz CT molecular complexity index is 4150. The highest BCUT2D eigenvalue weighted by molar-refractivity contribution is 6.34. The Morgan fingerprint density at radius 2 is 0.618 bits per heavy atom. The van der Waals surface area contributed by atoms with E-state index in [9.17, 15) is 0 Å². The van der Waals surface area contributed by atoms with E-state index in [1.807, 2.05) is 0 Å². The summed E-state index contributed by atoms with van der Waals surface area (Å²) < 4.78 is 0. The van der Waals surface area contributed by atoms with Crippen molar-refractivity contribution < 1.29 is 0 Å². The summed E-state index contributed by atoms with van der Waals surface area (Å²) in [5.41, 5.74) is 17.5. The molecule has 0 saturated carbocycles. The maximum absolute atomic E-state index is 2.55. The molecule has 0 N–H and O–H groups in total. The molecule has 14 rings (SSSR count). The number of hydrogen-bond donors (Lipinski definition) is 0. The zero-order valence-corrected chi connectivity index (χ0v) is 37.5. The van der Waals surface area contributed by atoms with Gasteiger partial charge in [0.05, 0.1) is 0 Å². The SMILES string of the molecule is C1=CC(c2ccc3c(-c4cc5c(-c6ccccc6-c6ccccc6)ccc6ccc7c(-c8ccccc8)ccc4c7c65)cc4c(-c5ccccc5-c5ccccc5)ccc5ccc2c3c54)=CCC1. The van der Waals surface area contributed by atoms with Crippen LogP contribution >= 0.6 is 0 Å². The van der Waals surface area contributed by atoms with Gasteiger partial charge in [-0.1, -0.05) is 231 Å². The van der Waals surface area contributed by atoms with Crippen LogP contribution in [-0.2, 0) is 0 Å². The minimum absolute atomic E-state index is 1.06. The normalized spacial score (nSPS) is 12.9. The predicted molar refractivity (Wildman–Crippen MR) is 293 cm³/mol. The number of rotatable bonds is 7. The molecule has 0 saturated heterocycles. The highest BCUT2D eigenvalue weighted by atomic mass is 14.3. The summed E-state index contributed by atoms with van der Waals surface area (Å²) in [7, 11) is 0. The first kappa shape index (κ1) is 38.7. The maximum atomic E-state index is 2.55. The van der Waals surface area contributed by atoms with Crippen LogP contribution in [-0.4, -0.2) is 0 Å². The van der Waals surface area contributed by atoms with Crippen molar-refractivity contribution in [3.63, 3.8) is 0 Å². The summed E-state index contributed by atoms with van der Waals surface area (Å²) in [6.07, 6.45) is 9.23. The Hall–Kier alpha value is -8.58. The molecule has 0 aromatic heterocycles. The number of allylic oxidation sites excluding steroid dienone is 4. The van der Waals surface area contributed by atoms with Crippen molar-refractivity contribution in [2.75, 3.05) is 0 Å². The van der Waals surface area contributed by atoms with Crippen molar-refractivity contribution in [3.8, 4) is 66.8 Å². The highest BCUT2D eigenvalue weighted by Crippen LogP contribution is 2.52. The average molecular weight is 861 g/mol. The van der Waals surface area contributed by atoms with Gasteiger partial charge in [-0.2, -0.15) is 0 Å². The first-order chi connectivity index (χ1) is 33.8. The lowest BCUT2D eigenvalue weighted by atomic mass is 9.80. The van der Waals surface area contributed by atoms with Crippen LogP contribution in [0.2, 0.25) is 0 Å². The van der Waals surface area contributed by atoms with Crippen LogP contribution in [0.15, 0.2) is 243 Å². The monoisotopic (exact) mass is 860 g/mol. The number of hydrogen-bond acceptors (Lipinski definition) is 0. The predicted octanol–water partition coefficient (Wildman–Crippen LogP) is 19.2. The molecule has 0 amide bonds. The van der Waals surface area contributed by atoms with Crippen LogP contribution in [0.1, 0.15) is 18.4 Å². The van der Waals surface area contributed by atoms with Gasteiger partial charge in [0.15, 0.2) is 0 Å². The van der Waals surface area contributed by atoms with Crippen molar-refractivity contribution in [1.82, 2.24) is 0 Å². The second-order valence-corrected chi connectivity index (χ2v) is 18.5. The molecule has 1 aliphatic carbocycles. The van der Waals surface area contributed by atoms with E-state index in [1.165, 1.54) is 143 Å². The Kier molecular flexibility index (Phi) is 8.82. The van der Waals surface area contributed by atoms with E-state index >= 15 is 0 Å². The summed E-state index contributed by atoms with van der Waals surface area (Å²) in [6, 6.07) is 84.2. The van der Waals surface area contributed by atoms with Crippen LogP contribution in [0.4, 0.5) is 0 Å². The average Bonchev–Trinajstić information content (AvgIpc) is 3.42. The van der Waals surface area contributed by atoms with Crippen molar-refractivity contribution in [2.45, 2.75) is 12.8 Å². The van der Waals surface area contributed by atoms with Gasteiger partial charge < -0.3 is 0 Å². The lowest BCUT2D eigenvalue weighted by Gasteiger charge is -2.23. The van der Waals surface area contributed by atoms with Crippen LogP contribution in [0.5, 0.6) is 0 Å². The van der Waals surface area contributed by atoms with Crippen LogP contribution in [0.25, 0.3) is 137 Å². The van der Waals surface area contributed by atoms with Crippen LogP contribution in [0, 0.1) is 0 Å². The van der Waals surface area contributed by atoms with Gasteiger partial charge in [-0.3, -0.25) is 0 Å². The van der Waals surface area contributed by atoms with E-state index in [-0.39, 0.29) is 0 Å². The fourth-order valence-corrected chi connectivity index (χ4v) is 11.8. The molecule has 0 spiro atoms. The van der Waals surface area contributed by atoms with E-state index in [4.69, 9.17) is 0 Å². The molecule has 0 bridgehead atoms. The van der Waals surface area contributed by atoms with Gasteiger partial charge in [0.25, 0.3) is 0 Å². The molecule has 0 heterocycles. The van der Waals surface area contributed by atoms with Gasteiger partial charge in [-0.25, -0.2) is 0 Å².